The van der Waals surface area contributed by atoms with Gasteiger partial charge in [-0.3, -0.25) is 0 Å². The second kappa shape index (κ2) is 8.95. The van der Waals surface area contributed by atoms with Crippen LogP contribution < -0.4 is 10.6 Å². The molecule has 134 valence electrons. The van der Waals surface area contributed by atoms with E-state index in [2.05, 4.69) is 74.9 Å². The van der Waals surface area contributed by atoms with Gasteiger partial charge in [-0.1, -0.05) is 58.0 Å². The van der Waals surface area contributed by atoms with Crippen LogP contribution in [0.2, 0.25) is 0 Å². The van der Waals surface area contributed by atoms with Gasteiger partial charge in [0.05, 0.1) is 0 Å². The molecule has 0 radical (unpaired) electrons. The van der Waals surface area contributed by atoms with Gasteiger partial charge in [0.2, 0.25) is 0 Å². The Labute approximate surface area is 155 Å². The Morgan fingerprint density at radius 2 is 1.52 bits per heavy atom. The van der Waals surface area contributed by atoms with Crippen LogP contribution in [0.4, 0.5) is 10.5 Å². The lowest BCUT2D eigenvalue weighted by Crippen LogP contribution is -2.29. The molecule has 2 rings (SSSR count). The molecule has 0 aromatic heterocycles. The van der Waals surface area contributed by atoms with Crippen molar-refractivity contribution in [3.63, 3.8) is 0 Å². The zero-order valence-corrected chi connectivity index (χ0v) is 16.5. The van der Waals surface area contributed by atoms with Crippen molar-refractivity contribution in [3.8, 4) is 0 Å². The van der Waals surface area contributed by atoms with Gasteiger partial charge in [0.25, 0.3) is 0 Å². The van der Waals surface area contributed by atoms with E-state index >= 15 is 0 Å². The quantitative estimate of drug-likeness (QED) is 0.625. The second-order valence-corrected chi connectivity index (χ2v) is 7.66. The molecule has 2 amide bonds. The van der Waals surface area contributed by atoms with Crippen LogP contribution in [-0.2, 0) is 6.54 Å². The van der Waals surface area contributed by atoms with Crippen LogP contribution in [0.1, 0.15) is 56.2 Å². The summed E-state index contributed by atoms with van der Waals surface area (Å²) >= 11 is 1.71. The number of hydrogen-bond donors (Lipinski definition) is 2. The van der Waals surface area contributed by atoms with Crippen LogP contribution in [0.25, 0.3) is 0 Å². The van der Waals surface area contributed by atoms with Gasteiger partial charge in [-0.25, -0.2) is 4.79 Å². The summed E-state index contributed by atoms with van der Waals surface area (Å²) < 4.78 is 0. The highest BCUT2D eigenvalue weighted by Gasteiger charge is 2.15. The topological polar surface area (TPSA) is 41.1 Å². The normalized spacial score (nSPS) is 11.0. The van der Waals surface area contributed by atoms with Crippen LogP contribution in [0.3, 0.4) is 0 Å². The number of urea groups is 1. The highest BCUT2D eigenvalue weighted by atomic mass is 32.2. The summed E-state index contributed by atoms with van der Waals surface area (Å²) in [5.74, 6) is 0.709. The zero-order valence-electron chi connectivity index (χ0n) is 15.7. The maximum Gasteiger partial charge on any atom is 0.319 e. The van der Waals surface area contributed by atoms with Gasteiger partial charge in [-0.05, 0) is 46.9 Å². The van der Waals surface area contributed by atoms with Crippen molar-refractivity contribution in [2.75, 3.05) is 11.6 Å². The van der Waals surface area contributed by atoms with E-state index in [4.69, 9.17) is 0 Å². The van der Waals surface area contributed by atoms with Crippen LogP contribution in [0.5, 0.6) is 0 Å². The summed E-state index contributed by atoms with van der Waals surface area (Å²) in [5.41, 5.74) is 4.38. The lowest BCUT2D eigenvalue weighted by Gasteiger charge is -2.20. The molecule has 0 aliphatic heterocycles. The Balaban J connectivity index is 2.08. The standard InChI is InChI=1S/C21H28N2OS/c1-14(2)18-7-6-8-19(15(3)4)20(18)23-21(24)22-13-16-9-11-17(25-5)12-10-16/h6-12,14-15H,13H2,1-5H3,(H2,22,23,24). The molecule has 0 unspecified atom stereocenters. The average molecular weight is 357 g/mol. The summed E-state index contributed by atoms with van der Waals surface area (Å²) in [5, 5.41) is 6.04. The third-order valence-electron chi connectivity index (χ3n) is 4.22. The molecule has 2 aromatic carbocycles. The molecular formula is C21H28N2OS. The van der Waals surface area contributed by atoms with Crippen molar-refractivity contribution in [2.45, 2.75) is 51.0 Å². The minimum Gasteiger partial charge on any atom is -0.334 e. The molecule has 2 aromatic rings. The van der Waals surface area contributed by atoms with E-state index in [1.807, 2.05) is 12.1 Å². The second-order valence-electron chi connectivity index (χ2n) is 6.78. The molecule has 0 saturated carbocycles. The molecule has 25 heavy (non-hydrogen) atoms. The summed E-state index contributed by atoms with van der Waals surface area (Å²) in [6.07, 6.45) is 2.05. The first-order valence-electron chi connectivity index (χ1n) is 8.73. The van der Waals surface area contributed by atoms with Gasteiger partial charge < -0.3 is 10.6 Å². The van der Waals surface area contributed by atoms with E-state index < -0.39 is 0 Å². The number of hydrogen-bond acceptors (Lipinski definition) is 2. The Morgan fingerprint density at radius 1 is 0.960 bits per heavy atom. The molecular weight excluding hydrogens is 328 g/mol. The molecule has 3 nitrogen and oxygen atoms in total. The van der Waals surface area contributed by atoms with Crippen molar-refractivity contribution < 1.29 is 4.79 Å². The molecule has 0 heterocycles. The number of carbonyl (C=O) groups excluding carboxylic acids is 1. The summed E-state index contributed by atoms with van der Waals surface area (Å²) in [7, 11) is 0. The number of anilines is 1. The molecule has 4 heteroatoms. The first kappa shape index (κ1) is 19.4. The molecule has 0 atom stereocenters. The fraction of sp³-hybridized carbons (Fsp3) is 0.381. The predicted molar refractivity (Wildman–Crippen MR) is 109 cm³/mol. The van der Waals surface area contributed by atoms with Crippen LogP contribution in [0, 0.1) is 0 Å². The molecule has 0 fully saturated rings. The number of rotatable bonds is 6. The fourth-order valence-electron chi connectivity index (χ4n) is 2.78. The smallest absolute Gasteiger partial charge is 0.319 e. The Bertz CT molecular complexity index is 682. The molecule has 0 saturated heterocycles. The van der Waals surface area contributed by atoms with Crippen molar-refractivity contribution in [3.05, 3.63) is 59.2 Å². The van der Waals surface area contributed by atoms with Gasteiger partial charge >= 0.3 is 6.03 Å². The molecule has 2 N–H and O–H groups in total. The van der Waals surface area contributed by atoms with E-state index in [0.717, 1.165) is 11.3 Å². The molecule has 0 aliphatic rings. The van der Waals surface area contributed by atoms with Crippen LogP contribution in [0.15, 0.2) is 47.4 Å². The Morgan fingerprint density at radius 3 is 2.00 bits per heavy atom. The summed E-state index contributed by atoms with van der Waals surface area (Å²) in [6.45, 7) is 9.11. The number of benzene rings is 2. The third-order valence-corrected chi connectivity index (χ3v) is 4.97. The van der Waals surface area contributed by atoms with E-state index in [-0.39, 0.29) is 6.03 Å². The minimum absolute atomic E-state index is 0.163. The van der Waals surface area contributed by atoms with E-state index in [1.54, 1.807) is 11.8 Å². The van der Waals surface area contributed by atoms with Gasteiger partial charge in [0.1, 0.15) is 0 Å². The van der Waals surface area contributed by atoms with Crippen LogP contribution >= 0.6 is 11.8 Å². The maximum atomic E-state index is 12.4. The van der Waals surface area contributed by atoms with E-state index in [9.17, 15) is 4.79 Å². The highest BCUT2D eigenvalue weighted by Crippen LogP contribution is 2.32. The number of carbonyl (C=O) groups is 1. The number of nitrogens with one attached hydrogen (secondary N) is 2. The van der Waals surface area contributed by atoms with Gasteiger partial charge in [0.15, 0.2) is 0 Å². The third kappa shape index (κ3) is 5.27. The largest absolute Gasteiger partial charge is 0.334 e. The van der Waals surface area contributed by atoms with Gasteiger partial charge in [-0.2, -0.15) is 0 Å². The molecule has 0 spiro atoms. The van der Waals surface area contributed by atoms with E-state index in [0.29, 0.717) is 18.4 Å². The van der Waals surface area contributed by atoms with E-state index in [1.165, 1.54) is 16.0 Å². The van der Waals surface area contributed by atoms with Crippen molar-refractivity contribution in [2.24, 2.45) is 0 Å². The molecule has 0 bridgehead atoms. The SMILES string of the molecule is CSc1ccc(CNC(=O)Nc2c(C(C)C)cccc2C(C)C)cc1. The van der Waals surface area contributed by atoms with Crippen molar-refractivity contribution >= 4 is 23.5 Å². The Kier molecular flexibility index (Phi) is 6.94. The maximum absolute atomic E-state index is 12.4. The monoisotopic (exact) mass is 356 g/mol. The summed E-state index contributed by atoms with van der Waals surface area (Å²) in [6, 6.07) is 14.3. The fourth-order valence-corrected chi connectivity index (χ4v) is 3.19. The Hall–Kier alpha value is -1.94. The summed E-state index contributed by atoms with van der Waals surface area (Å²) in [4.78, 5) is 13.7. The van der Waals surface area contributed by atoms with Gasteiger partial charge in [0, 0.05) is 17.1 Å². The lowest BCUT2D eigenvalue weighted by molar-refractivity contribution is 0.251. The lowest BCUT2D eigenvalue weighted by atomic mass is 9.93. The number of amides is 2. The molecule has 0 aliphatic carbocycles. The number of para-hydroxylation sites is 1. The number of thioether (sulfide) groups is 1. The minimum atomic E-state index is -0.163. The first-order chi connectivity index (χ1) is 11.9. The average Bonchev–Trinajstić information content (AvgIpc) is 2.60. The predicted octanol–water partition coefficient (Wildman–Crippen LogP) is 5.98. The van der Waals surface area contributed by atoms with Crippen LogP contribution in [-0.4, -0.2) is 12.3 Å². The van der Waals surface area contributed by atoms with Crippen molar-refractivity contribution in [1.82, 2.24) is 5.32 Å². The van der Waals surface area contributed by atoms with Crippen molar-refractivity contribution in [1.29, 1.82) is 0 Å². The first-order valence-corrected chi connectivity index (χ1v) is 9.95. The van der Waals surface area contributed by atoms with Gasteiger partial charge in [-0.15, -0.1) is 11.8 Å². The zero-order chi connectivity index (χ0) is 18.4. The highest BCUT2D eigenvalue weighted by molar-refractivity contribution is 7.98.